The van der Waals surface area contributed by atoms with Gasteiger partial charge in [0.15, 0.2) is 8.03 Å². The van der Waals surface area contributed by atoms with Gasteiger partial charge >= 0.3 is 0 Å². The maximum absolute atomic E-state index is 10.1. The molecule has 0 spiro atoms. The van der Waals surface area contributed by atoms with Crippen LogP contribution in [0.5, 0.6) is 0 Å². The second kappa shape index (κ2) is 4.07. The smallest absolute Gasteiger partial charge is 0.191 e. The molecule has 0 fully saturated rings. The van der Waals surface area contributed by atoms with Crippen LogP contribution in [0.1, 0.15) is 6.92 Å². The van der Waals surface area contributed by atoms with E-state index in [1.165, 1.54) is 7.11 Å². The molecule has 2 unspecified atom stereocenters. The molecule has 4 heteroatoms. The molecule has 0 aliphatic rings. The summed E-state index contributed by atoms with van der Waals surface area (Å²) in [7, 11) is -0.798. The largest absolute Gasteiger partial charge is 0.381 e. The molecule has 3 nitrogen and oxygen atoms in total. The molecular formula is C4H11O3P. The minimum Gasteiger partial charge on any atom is -0.381 e. The van der Waals surface area contributed by atoms with E-state index >= 15 is 0 Å². The van der Waals surface area contributed by atoms with Crippen molar-refractivity contribution < 1.29 is 14.2 Å². The van der Waals surface area contributed by atoms with E-state index in [4.69, 9.17) is 9.63 Å². The van der Waals surface area contributed by atoms with Gasteiger partial charge < -0.3 is 9.63 Å². The molecule has 0 aromatic carbocycles. The maximum Gasteiger partial charge on any atom is 0.191 e. The lowest BCUT2D eigenvalue weighted by Gasteiger charge is -2.03. The number of ether oxygens (including phenoxy) is 1. The van der Waals surface area contributed by atoms with Crippen LogP contribution in [0.2, 0.25) is 0 Å². The van der Waals surface area contributed by atoms with Crippen molar-refractivity contribution in [2.45, 2.75) is 13.0 Å². The third-order valence-electron chi connectivity index (χ3n) is 0.864. The Balaban J connectivity index is 3.24. The van der Waals surface area contributed by atoms with Crippen LogP contribution in [0.25, 0.3) is 0 Å². The van der Waals surface area contributed by atoms with Crippen LogP contribution in [-0.2, 0) is 9.30 Å². The Kier molecular flexibility index (Phi) is 4.15. The third kappa shape index (κ3) is 4.31. The van der Waals surface area contributed by atoms with Gasteiger partial charge in [-0.25, -0.2) is 0 Å². The van der Waals surface area contributed by atoms with Crippen molar-refractivity contribution >= 4 is 8.03 Å². The summed E-state index contributed by atoms with van der Waals surface area (Å²) in [5.41, 5.74) is 0. The Morgan fingerprint density at radius 3 is 2.50 bits per heavy atom. The molecule has 0 bridgehead atoms. The Morgan fingerprint density at radius 2 is 2.38 bits per heavy atom. The van der Waals surface area contributed by atoms with Gasteiger partial charge in [0.2, 0.25) is 0 Å². The van der Waals surface area contributed by atoms with Gasteiger partial charge in [-0.3, -0.25) is 4.57 Å². The first-order valence-electron chi connectivity index (χ1n) is 2.41. The van der Waals surface area contributed by atoms with Crippen molar-refractivity contribution in [2.75, 3.05) is 13.3 Å². The fourth-order valence-electron chi connectivity index (χ4n) is 0.329. The van der Waals surface area contributed by atoms with Gasteiger partial charge in [0, 0.05) is 13.3 Å². The van der Waals surface area contributed by atoms with E-state index in [9.17, 15) is 4.57 Å². The van der Waals surface area contributed by atoms with Crippen LogP contribution < -0.4 is 0 Å². The minimum absolute atomic E-state index is 0.0913. The zero-order chi connectivity index (χ0) is 6.57. The average Bonchev–Trinajstić information content (AvgIpc) is 1.65. The Morgan fingerprint density at radius 1 is 1.88 bits per heavy atom. The van der Waals surface area contributed by atoms with Gasteiger partial charge in [0.25, 0.3) is 0 Å². The summed E-state index contributed by atoms with van der Waals surface area (Å²) in [5, 5.41) is 0. The molecule has 0 amide bonds. The summed E-state index contributed by atoms with van der Waals surface area (Å²) in [4.78, 5) is 8.32. The summed E-state index contributed by atoms with van der Waals surface area (Å²) in [6, 6.07) is 0. The summed E-state index contributed by atoms with van der Waals surface area (Å²) in [6.45, 7) is 1.76. The Labute approximate surface area is 49.5 Å². The van der Waals surface area contributed by atoms with Gasteiger partial charge in [-0.05, 0) is 6.92 Å². The zero-order valence-electron chi connectivity index (χ0n) is 5.05. The Bertz CT molecular complexity index is 83.4. The molecule has 0 aliphatic heterocycles. The standard InChI is InChI=1S/C4H11O3P/c1-4(7-2)3-8(5)6/h4,8H,3H2,1-2H3,(H,5,6). The van der Waals surface area contributed by atoms with Crippen LogP contribution in [-0.4, -0.2) is 24.3 Å². The monoisotopic (exact) mass is 138 g/mol. The molecule has 0 radical (unpaired) electrons. The molecule has 0 rings (SSSR count). The Hall–Kier alpha value is 0.150. The highest BCUT2D eigenvalue weighted by molar-refractivity contribution is 7.38. The topological polar surface area (TPSA) is 46.5 Å². The van der Waals surface area contributed by atoms with Crippen LogP contribution >= 0.6 is 8.03 Å². The zero-order valence-corrected chi connectivity index (χ0v) is 6.05. The third-order valence-corrected chi connectivity index (χ3v) is 1.79. The molecule has 0 saturated heterocycles. The highest BCUT2D eigenvalue weighted by Gasteiger charge is 2.00. The number of methoxy groups -OCH3 is 1. The molecular weight excluding hydrogens is 127 g/mol. The van der Waals surface area contributed by atoms with Crippen molar-refractivity contribution in [3.63, 3.8) is 0 Å². The van der Waals surface area contributed by atoms with Crippen LogP contribution in [0, 0.1) is 0 Å². The van der Waals surface area contributed by atoms with Crippen molar-refractivity contribution in [2.24, 2.45) is 0 Å². The van der Waals surface area contributed by atoms with Gasteiger partial charge in [0.05, 0.1) is 6.10 Å². The predicted molar refractivity (Wildman–Crippen MR) is 32.6 cm³/mol. The summed E-state index contributed by atoms with van der Waals surface area (Å²) < 4.78 is 14.8. The molecule has 50 valence electrons. The fraction of sp³-hybridized carbons (Fsp3) is 1.00. The second-order valence-corrected chi connectivity index (χ2v) is 2.84. The van der Waals surface area contributed by atoms with E-state index in [-0.39, 0.29) is 12.3 Å². The summed E-state index contributed by atoms with van der Waals surface area (Å²) in [5.74, 6) is 0. The second-order valence-electron chi connectivity index (χ2n) is 1.64. The fourth-order valence-corrected chi connectivity index (χ4v) is 0.988. The molecule has 2 atom stereocenters. The molecule has 1 N–H and O–H groups in total. The van der Waals surface area contributed by atoms with E-state index in [2.05, 4.69) is 0 Å². The van der Waals surface area contributed by atoms with Gasteiger partial charge in [-0.1, -0.05) is 0 Å². The maximum atomic E-state index is 10.1. The lowest BCUT2D eigenvalue weighted by atomic mass is 10.5. The van der Waals surface area contributed by atoms with Crippen LogP contribution in [0.15, 0.2) is 0 Å². The van der Waals surface area contributed by atoms with E-state index in [1.54, 1.807) is 6.92 Å². The van der Waals surface area contributed by atoms with E-state index in [0.717, 1.165) is 0 Å². The SMILES string of the molecule is COC(C)C[PH](=O)O. The summed E-state index contributed by atoms with van der Waals surface area (Å²) in [6.07, 6.45) is 0.174. The minimum atomic E-state index is -2.32. The van der Waals surface area contributed by atoms with E-state index in [1.807, 2.05) is 0 Å². The first kappa shape index (κ1) is 8.15. The van der Waals surface area contributed by atoms with Crippen molar-refractivity contribution in [3.05, 3.63) is 0 Å². The first-order chi connectivity index (χ1) is 3.66. The number of hydrogen-bond acceptors (Lipinski definition) is 2. The molecule has 0 saturated carbocycles. The molecule has 0 aliphatic carbocycles. The van der Waals surface area contributed by atoms with E-state index < -0.39 is 8.03 Å². The van der Waals surface area contributed by atoms with Crippen molar-refractivity contribution in [1.82, 2.24) is 0 Å². The van der Waals surface area contributed by atoms with Crippen LogP contribution in [0.3, 0.4) is 0 Å². The average molecular weight is 138 g/mol. The molecule has 0 aromatic heterocycles. The van der Waals surface area contributed by atoms with Crippen molar-refractivity contribution in [3.8, 4) is 0 Å². The first-order valence-corrected chi connectivity index (χ1v) is 3.97. The lowest BCUT2D eigenvalue weighted by molar-refractivity contribution is 0.135. The van der Waals surface area contributed by atoms with Gasteiger partial charge in [-0.15, -0.1) is 0 Å². The lowest BCUT2D eigenvalue weighted by Crippen LogP contribution is -2.06. The molecule has 0 aromatic rings. The number of hydrogen-bond donors (Lipinski definition) is 1. The normalized spacial score (nSPS) is 17.9. The quantitative estimate of drug-likeness (QED) is 0.577. The van der Waals surface area contributed by atoms with Gasteiger partial charge in [0.1, 0.15) is 0 Å². The predicted octanol–water partition coefficient (Wildman–Crippen LogP) is 0.488. The molecule has 8 heavy (non-hydrogen) atoms. The van der Waals surface area contributed by atoms with Crippen LogP contribution in [0.4, 0.5) is 0 Å². The highest BCUT2D eigenvalue weighted by atomic mass is 31.1. The van der Waals surface area contributed by atoms with Crippen molar-refractivity contribution in [1.29, 1.82) is 0 Å². The highest BCUT2D eigenvalue weighted by Crippen LogP contribution is 2.14. The molecule has 0 heterocycles. The van der Waals surface area contributed by atoms with Gasteiger partial charge in [-0.2, -0.15) is 0 Å². The summed E-state index contributed by atoms with van der Waals surface area (Å²) >= 11 is 0. The number of rotatable bonds is 3. The van der Waals surface area contributed by atoms with E-state index in [0.29, 0.717) is 0 Å².